The summed E-state index contributed by atoms with van der Waals surface area (Å²) in [4.78, 5) is 0. The molecule has 0 spiro atoms. The molecule has 0 saturated heterocycles. The molecule has 0 bridgehead atoms. The topological polar surface area (TPSA) is 58.2 Å². The number of rotatable bonds is 10. The smallest absolute Gasteiger partial charge is 0.208 e. The van der Waals surface area contributed by atoms with Crippen LogP contribution in [0.2, 0.25) is 0 Å². The maximum atomic E-state index is 10.9. The van der Waals surface area contributed by atoms with Crippen molar-refractivity contribution < 1.29 is 8.42 Å². The molecule has 0 aromatic carbocycles. The van der Waals surface area contributed by atoms with Gasteiger partial charge in [-0.1, -0.05) is 27.7 Å². The van der Waals surface area contributed by atoms with E-state index in [2.05, 4.69) is 37.7 Å². The van der Waals surface area contributed by atoms with Crippen LogP contribution in [0.25, 0.3) is 0 Å². The zero-order valence-electron chi connectivity index (χ0n) is 12.5. The molecule has 0 rings (SSSR count). The third-order valence-corrected chi connectivity index (χ3v) is 3.39. The van der Waals surface area contributed by atoms with Crippen molar-refractivity contribution in [1.82, 2.24) is 10.0 Å². The molecular formula is C13H30N2O2S. The van der Waals surface area contributed by atoms with Gasteiger partial charge in [-0.15, -0.1) is 0 Å². The van der Waals surface area contributed by atoms with Gasteiger partial charge in [0, 0.05) is 12.6 Å². The van der Waals surface area contributed by atoms with Gasteiger partial charge in [0.25, 0.3) is 0 Å². The van der Waals surface area contributed by atoms with Gasteiger partial charge in [-0.3, -0.25) is 0 Å². The zero-order chi connectivity index (χ0) is 14.2. The van der Waals surface area contributed by atoms with Crippen LogP contribution in [0.1, 0.15) is 47.0 Å². The maximum Gasteiger partial charge on any atom is 0.208 e. The second kappa shape index (κ2) is 8.88. The van der Waals surface area contributed by atoms with Crippen molar-refractivity contribution in [3.8, 4) is 0 Å². The minimum absolute atomic E-state index is 0.516. The van der Waals surface area contributed by atoms with Crippen molar-refractivity contribution in [3.63, 3.8) is 0 Å². The lowest BCUT2D eigenvalue weighted by Crippen LogP contribution is -2.34. The van der Waals surface area contributed by atoms with Crippen LogP contribution < -0.4 is 10.0 Å². The first-order valence-corrected chi connectivity index (χ1v) is 8.78. The van der Waals surface area contributed by atoms with E-state index in [-0.39, 0.29) is 0 Å². The molecule has 0 aliphatic rings. The second-order valence-corrected chi connectivity index (χ2v) is 7.76. The van der Waals surface area contributed by atoms with Gasteiger partial charge in [-0.25, -0.2) is 13.1 Å². The van der Waals surface area contributed by atoms with E-state index in [0.29, 0.717) is 24.4 Å². The van der Waals surface area contributed by atoms with E-state index in [1.54, 1.807) is 0 Å². The molecular weight excluding hydrogens is 248 g/mol. The quantitative estimate of drug-likeness (QED) is 0.601. The number of hydrogen-bond acceptors (Lipinski definition) is 3. The van der Waals surface area contributed by atoms with Crippen molar-refractivity contribution in [2.75, 3.05) is 19.3 Å². The first kappa shape index (κ1) is 17.9. The van der Waals surface area contributed by atoms with Crippen LogP contribution in [0, 0.1) is 11.8 Å². The second-order valence-electron chi connectivity index (χ2n) is 5.93. The lowest BCUT2D eigenvalue weighted by Gasteiger charge is -2.22. The van der Waals surface area contributed by atoms with Crippen LogP contribution in [-0.4, -0.2) is 33.8 Å². The van der Waals surface area contributed by atoms with E-state index in [1.807, 2.05) is 0 Å². The highest BCUT2D eigenvalue weighted by atomic mass is 32.2. The molecule has 0 fully saturated rings. The standard InChI is InChI=1S/C13H30N2O2S/c1-11(2)9-13(10-12(3)4)14-7-6-8-15-18(5,16)17/h11-15H,6-10H2,1-5H3. The van der Waals surface area contributed by atoms with E-state index in [0.717, 1.165) is 13.0 Å². The summed E-state index contributed by atoms with van der Waals surface area (Å²) in [5, 5.41) is 3.53. The van der Waals surface area contributed by atoms with Gasteiger partial charge in [0.15, 0.2) is 0 Å². The predicted molar refractivity (Wildman–Crippen MR) is 78.2 cm³/mol. The van der Waals surface area contributed by atoms with E-state index in [1.165, 1.54) is 19.1 Å². The average Bonchev–Trinajstić information content (AvgIpc) is 2.12. The Balaban J connectivity index is 3.82. The van der Waals surface area contributed by atoms with Gasteiger partial charge in [-0.2, -0.15) is 0 Å². The van der Waals surface area contributed by atoms with Crippen LogP contribution in [0.4, 0.5) is 0 Å². The van der Waals surface area contributed by atoms with E-state index >= 15 is 0 Å². The van der Waals surface area contributed by atoms with Gasteiger partial charge in [0.1, 0.15) is 0 Å². The largest absolute Gasteiger partial charge is 0.314 e. The fourth-order valence-electron chi connectivity index (χ4n) is 2.05. The summed E-state index contributed by atoms with van der Waals surface area (Å²) in [5.74, 6) is 1.38. The molecule has 0 amide bonds. The molecule has 110 valence electrons. The minimum atomic E-state index is -3.04. The fourth-order valence-corrected chi connectivity index (χ4v) is 2.57. The molecule has 5 heteroatoms. The zero-order valence-corrected chi connectivity index (χ0v) is 13.3. The normalized spacial score (nSPS) is 12.9. The molecule has 0 aromatic heterocycles. The van der Waals surface area contributed by atoms with Gasteiger partial charge in [0.05, 0.1) is 6.26 Å². The van der Waals surface area contributed by atoms with Crippen LogP contribution in [0.5, 0.6) is 0 Å². The average molecular weight is 278 g/mol. The van der Waals surface area contributed by atoms with E-state index in [9.17, 15) is 8.42 Å². The SMILES string of the molecule is CC(C)CC(CC(C)C)NCCCNS(C)(=O)=O. The van der Waals surface area contributed by atoms with Gasteiger partial charge in [-0.05, 0) is 37.6 Å². The highest BCUT2D eigenvalue weighted by molar-refractivity contribution is 7.88. The van der Waals surface area contributed by atoms with Crippen molar-refractivity contribution in [3.05, 3.63) is 0 Å². The lowest BCUT2D eigenvalue weighted by molar-refractivity contribution is 0.359. The fraction of sp³-hybridized carbons (Fsp3) is 1.00. The van der Waals surface area contributed by atoms with Crippen LogP contribution >= 0.6 is 0 Å². The number of sulfonamides is 1. The first-order chi connectivity index (χ1) is 8.20. The molecule has 0 aromatic rings. The molecule has 0 saturated carbocycles. The Labute approximate surface area is 113 Å². The van der Waals surface area contributed by atoms with Crippen LogP contribution in [0.3, 0.4) is 0 Å². The molecule has 0 radical (unpaired) electrons. The minimum Gasteiger partial charge on any atom is -0.314 e. The summed E-state index contributed by atoms with van der Waals surface area (Å²) in [7, 11) is -3.04. The van der Waals surface area contributed by atoms with Crippen LogP contribution in [0.15, 0.2) is 0 Å². The van der Waals surface area contributed by atoms with E-state index < -0.39 is 10.0 Å². The Bertz CT molecular complexity index is 290. The molecule has 18 heavy (non-hydrogen) atoms. The molecule has 0 aliphatic carbocycles. The Morgan fingerprint density at radius 1 is 0.944 bits per heavy atom. The Morgan fingerprint density at radius 3 is 1.83 bits per heavy atom. The van der Waals surface area contributed by atoms with Gasteiger partial charge >= 0.3 is 0 Å². The highest BCUT2D eigenvalue weighted by Gasteiger charge is 2.11. The first-order valence-electron chi connectivity index (χ1n) is 6.88. The third-order valence-electron chi connectivity index (χ3n) is 2.66. The monoisotopic (exact) mass is 278 g/mol. The molecule has 0 unspecified atom stereocenters. The summed E-state index contributed by atoms with van der Waals surface area (Å²) >= 11 is 0. The Kier molecular flexibility index (Phi) is 8.82. The Hall–Kier alpha value is -0.130. The summed E-state index contributed by atoms with van der Waals surface area (Å²) in [6, 6.07) is 0.545. The van der Waals surface area contributed by atoms with Crippen molar-refractivity contribution in [2.24, 2.45) is 11.8 Å². The summed E-state index contributed by atoms with van der Waals surface area (Å²) in [6.45, 7) is 10.3. The van der Waals surface area contributed by atoms with Gasteiger partial charge in [0.2, 0.25) is 10.0 Å². The molecule has 0 atom stereocenters. The molecule has 4 nitrogen and oxygen atoms in total. The highest BCUT2D eigenvalue weighted by Crippen LogP contribution is 2.13. The molecule has 0 aliphatic heterocycles. The van der Waals surface area contributed by atoms with Crippen molar-refractivity contribution in [2.45, 2.75) is 53.0 Å². The van der Waals surface area contributed by atoms with Crippen molar-refractivity contribution in [1.29, 1.82) is 0 Å². The number of hydrogen-bond donors (Lipinski definition) is 2. The predicted octanol–water partition coefficient (Wildman–Crippen LogP) is 1.98. The molecule has 0 heterocycles. The Morgan fingerprint density at radius 2 is 1.44 bits per heavy atom. The maximum absolute atomic E-state index is 10.9. The summed E-state index contributed by atoms with van der Waals surface area (Å²) in [5.41, 5.74) is 0. The van der Waals surface area contributed by atoms with Crippen LogP contribution in [-0.2, 0) is 10.0 Å². The van der Waals surface area contributed by atoms with Gasteiger partial charge < -0.3 is 5.32 Å². The molecule has 2 N–H and O–H groups in total. The van der Waals surface area contributed by atoms with Crippen molar-refractivity contribution >= 4 is 10.0 Å². The number of nitrogens with one attached hydrogen (secondary N) is 2. The summed E-state index contributed by atoms with van der Waals surface area (Å²) < 4.78 is 24.3. The lowest BCUT2D eigenvalue weighted by atomic mass is 9.95. The van der Waals surface area contributed by atoms with E-state index in [4.69, 9.17) is 0 Å². The third kappa shape index (κ3) is 12.3. The summed E-state index contributed by atoms with van der Waals surface area (Å²) in [6.07, 6.45) is 4.38.